The Kier molecular flexibility index (Phi) is 4.91. The zero-order chi connectivity index (χ0) is 17.9. The Morgan fingerprint density at radius 3 is 2.44 bits per heavy atom. The van der Waals surface area contributed by atoms with Gasteiger partial charge in [0.15, 0.2) is 6.04 Å². The molecule has 2 aromatic rings. The molecule has 1 unspecified atom stereocenters. The molecule has 128 valence electrons. The zero-order valence-electron chi connectivity index (χ0n) is 14.1. The first-order valence-electron chi connectivity index (χ1n) is 8.31. The van der Waals surface area contributed by atoms with Crippen LogP contribution in [0.3, 0.4) is 0 Å². The van der Waals surface area contributed by atoms with Gasteiger partial charge in [-0.2, -0.15) is 5.26 Å². The second-order valence-electron chi connectivity index (χ2n) is 6.09. The first kappa shape index (κ1) is 17.2. The minimum atomic E-state index is -3.66. The number of allylic oxidation sites excluding steroid dienone is 1. The predicted octanol–water partition coefficient (Wildman–Crippen LogP) is 4.24. The Balaban J connectivity index is 2.05. The Morgan fingerprint density at radius 2 is 1.76 bits per heavy atom. The fraction of sp³-hybridized carbons (Fsp3) is 0.250. The van der Waals surface area contributed by atoms with Crippen LogP contribution < -0.4 is 0 Å². The number of benzene rings is 2. The molecule has 0 aromatic heterocycles. The van der Waals surface area contributed by atoms with Gasteiger partial charge in [0.1, 0.15) is 0 Å². The lowest BCUT2D eigenvalue weighted by molar-refractivity contribution is 0.457. The van der Waals surface area contributed by atoms with Gasteiger partial charge in [0.05, 0.1) is 11.8 Å². The van der Waals surface area contributed by atoms with Crippen molar-refractivity contribution < 1.29 is 8.42 Å². The van der Waals surface area contributed by atoms with Gasteiger partial charge < -0.3 is 0 Å². The molecule has 0 radical (unpaired) electrons. The molecule has 0 saturated carbocycles. The van der Waals surface area contributed by atoms with Crippen LogP contribution in [-0.4, -0.2) is 12.7 Å². The smallest absolute Gasteiger partial charge is 0.240 e. The van der Waals surface area contributed by atoms with Crippen molar-refractivity contribution in [2.45, 2.75) is 31.6 Å². The van der Waals surface area contributed by atoms with Crippen molar-refractivity contribution in [3.8, 4) is 6.07 Å². The van der Waals surface area contributed by atoms with Gasteiger partial charge in [-0.15, -0.1) is 0 Å². The Morgan fingerprint density at radius 1 is 1.08 bits per heavy atom. The quantitative estimate of drug-likeness (QED) is 0.809. The predicted molar refractivity (Wildman–Crippen MR) is 98.6 cm³/mol. The van der Waals surface area contributed by atoms with E-state index in [1.54, 1.807) is 18.3 Å². The van der Waals surface area contributed by atoms with E-state index in [0.29, 0.717) is 5.56 Å². The van der Waals surface area contributed by atoms with Gasteiger partial charge in [0.25, 0.3) is 0 Å². The molecule has 1 aliphatic rings. The standard InChI is InChI=1S/C20H20N2O2S/c1-2-8-17-14-22(20(13-21)19-12-7-6-11-18(17)19)25(23,24)15-16-9-4-3-5-10-16/h3-7,9-12,14,20H,2,8,15H2,1H3. The van der Waals surface area contributed by atoms with Crippen molar-refractivity contribution in [3.63, 3.8) is 0 Å². The molecular formula is C20H20N2O2S. The molecule has 5 heteroatoms. The lowest BCUT2D eigenvalue weighted by atomic mass is 9.91. The van der Waals surface area contributed by atoms with Gasteiger partial charge in [0.2, 0.25) is 10.0 Å². The minimum absolute atomic E-state index is 0.121. The summed E-state index contributed by atoms with van der Waals surface area (Å²) >= 11 is 0. The topological polar surface area (TPSA) is 61.2 Å². The fourth-order valence-corrected chi connectivity index (χ4v) is 4.69. The summed E-state index contributed by atoms with van der Waals surface area (Å²) in [6.07, 6.45) is 3.33. The summed E-state index contributed by atoms with van der Waals surface area (Å²) in [6, 6.07) is 18.0. The Labute approximate surface area is 149 Å². The van der Waals surface area contributed by atoms with Crippen LogP contribution >= 0.6 is 0 Å². The van der Waals surface area contributed by atoms with Crippen molar-refractivity contribution in [2.75, 3.05) is 0 Å². The van der Waals surface area contributed by atoms with E-state index in [1.165, 1.54) is 4.31 Å². The van der Waals surface area contributed by atoms with Crippen LogP contribution in [0.15, 0.2) is 60.8 Å². The van der Waals surface area contributed by atoms with Crippen LogP contribution in [-0.2, 0) is 15.8 Å². The molecule has 0 spiro atoms. The van der Waals surface area contributed by atoms with Gasteiger partial charge in [-0.05, 0) is 28.7 Å². The van der Waals surface area contributed by atoms with Crippen LogP contribution in [0.2, 0.25) is 0 Å². The molecule has 4 nitrogen and oxygen atoms in total. The monoisotopic (exact) mass is 352 g/mol. The third kappa shape index (κ3) is 3.45. The molecule has 0 bridgehead atoms. The summed E-state index contributed by atoms with van der Waals surface area (Å²) in [5.41, 5.74) is 3.40. The van der Waals surface area contributed by atoms with Crippen LogP contribution in [0.5, 0.6) is 0 Å². The third-order valence-corrected chi connectivity index (χ3v) is 5.95. The maximum absolute atomic E-state index is 13.0. The van der Waals surface area contributed by atoms with E-state index >= 15 is 0 Å². The zero-order valence-corrected chi connectivity index (χ0v) is 14.9. The summed E-state index contributed by atoms with van der Waals surface area (Å²) in [4.78, 5) is 0. The lowest BCUT2D eigenvalue weighted by Crippen LogP contribution is -2.33. The van der Waals surface area contributed by atoms with Gasteiger partial charge in [-0.3, -0.25) is 4.31 Å². The molecule has 0 aliphatic carbocycles. The minimum Gasteiger partial charge on any atom is -0.255 e. The van der Waals surface area contributed by atoms with Crippen LogP contribution in [0.25, 0.3) is 5.57 Å². The van der Waals surface area contributed by atoms with Gasteiger partial charge in [0, 0.05) is 6.20 Å². The molecule has 1 heterocycles. The largest absolute Gasteiger partial charge is 0.255 e. The Hall–Kier alpha value is -2.58. The van der Waals surface area contributed by atoms with Crippen molar-refractivity contribution in [1.82, 2.24) is 4.31 Å². The van der Waals surface area contributed by atoms with E-state index in [9.17, 15) is 13.7 Å². The summed E-state index contributed by atoms with van der Waals surface area (Å²) in [6.45, 7) is 2.06. The lowest BCUT2D eigenvalue weighted by Gasteiger charge is -2.32. The molecule has 25 heavy (non-hydrogen) atoms. The van der Waals surface area contributed by atoms with Crippen molar-refractivity contribution in [1.29, 1.82) is 5.26 Å². The van der Waals surface area contributed by atoms with Crippen LogP contribution in [0.1, 0.15) is 42.5 Å². The van der Waals surface area contributed by atoms with Crippen molar-refractivity contribution >= 4 is 15.6 Å². The first-order chi connectivity index (χ1) is 12.1. The average Bonchev–Trinajstić information content (AvgIpc) is 2.62. The third-order valence-electron chi connectivity index (χ3n) is 4.29. The summed E-state index contributed by atoms with van der Waals surface area (Å²) in [7, 11) is -3.66. The van der Waals surface area contributed by atoms with Gasteiger partial charge in [-0.25, -0.2) is 8.42 Å². The van der Waals surface area contributed by atoms with E-state index in [4.69, 9.17) is 0 Å². The number of nitriles is 1. The van der Waals surface area contributed by atoms with E-state index in [-0.39, 0.29) is 5.75 Å². The van der Waals surface area contributed by atoms with Crippen molar-refractivity contribution in [2.24, 2.45) is 0 Å². The van der Waals surface area contributed by atoms with Crippen LogP contribution in [0, 0.1) is 11.3 Å². The van der Waals surface area contributed by atoms with E-state index < -0.39 is 16.1 Å². The van der Waals surface area contributed by atoms with Crippen LogP contribution in [0.4, 0.5) is 0 Å². The highest BCUT2D eigenvalue weighted by Gasteiger charge is 2.34. The molecule has 0 saturated heterocycles. The molecular weight excluding hydrogens is 332 g/mol. The van der Waals surface area contributed by atoms with E-state index in [0.717, 1.165) is 29.5 Å². The molecule has 0 N–H and O–H groups in total. The molecule has 0 fully saturated rings. The average molecular weight is 352 g/mol. The maximum atomic E-state index is 13.0. The number of hydrogen-bond donors (Lipinski definition) is 0. The van der Waals surface area contributed by atoms with Gasteiger partial charge in [-0.1, -0.05) is 67.9 Å². The van der Waals surface area contributed by atoms with Gasteiger partial charge >= 0.3 is 0 Å². The molecule has 0 amide bonds. The normalized spacial score (nSPS) is 16.7. The maximum Gasteiger partial charge on any atom is 0.240 e. The Bertz CT molecular complexity index is 928. The highest BCUT2D eigenvalue weighted by molar-refractivity contribution is 7.88. The highest BCUT2D eigenvalue weighted by atomic mass is 32.2. The summed E-state index contributed by atoms with van der Waals surface area (Å²) in [5, 5.41) is 9.67. The summed E-state index contributed by atoms with van der Waals surface area (Å²) in [5.74, 6) is -0.121. The number of nitrogens with zero attached hydrogens (tertiary/aromatic N) is 2. The second kappa shape index (κ2) is 7.12. The molecule has 2 aromatic carbocycles. The molecule has 3 rings (SSSR count). The number of hydrogen-bond acceptors (Lipinski definition) is 3. The van der Waals surface area contributed by atoms with E-state index in [2.05, 4.69) is 13.0 Å². The second-order valence-corrected chi connectivity index (χ2v) is 7.97. The first-order valence-corrected chi connectivity index (χ1v) is 9.92. The summed E-state index contributed by atoms with van der Waals surface area (Å²) < 4.78 is 27.3. The van der Waals surface area contributed by atoms with Crippen molar-refractivity contribution in [3.05, 3.63) is 77.5 Å². The molecule has 1 aliphatic heterocycles. The van der Waals surface area contributed by atoms with E-state index in [1.807, 2.05) is 42.5 Å². The fourth-order valence-electron chi connectivity index (χ4n) is 3.16. The number of fused-ring (bicyclic) bond motifs is 1. The number of sulfonamides is 1. The number of rotatable bonds is 5. The molecule has 1 atom stereocenters. The SMILES string of the molecule is CCCC1=CN(S(=O)(=O)Cc2ccccc2)C(C#N)c2ccccc21. The highest BCUT2D eigenvalue weighted by Crippen LogP contribution is 2.38.